The minimum Gasteiger partial charge on any atom is -0.368 e. The van der Waals surface area contributed by atoms with Gasteiger partial charge in [0.2, 0.25) is 0 Å². The number of fused-ring (bicyclic) bond motifs is 1. The number of halogens is 1. The SMILES string of the molecule is Cc1ccc(Cl)cc1N1CCN(C(=O)c2cnc3c(c2)ncn3C)CC1. The highest BCUT2D eigenvalue weighted by molar-refractivity contribution is 6.30. The molecule has 0 spiro atoms. The van der Waals surface area contributed by atoms with Gasteiger partial charge in [-0.15, -0.1) is 0 Å². The summed E-state index contributed by atoms with van der Waals surface area (Å²) in [6, 6.07) is 7.75. The van der Waals surface area contributed by atoms with Crippen LogP contribution in [0.1, 0.15) is 15.9 Å². The molecule has 0 atom stereocenters. The van der Waals surface area contributed by atoms with Crippen LogP contribution in [0.4, 0.5) is 5.69 Å². The van der Waals surface area contributed by atoms with Crippen molar-refractivity contribution < 1.29 is 4.79 Å². The lowest BCUT2D eigenvalue weighted by Gasteiger charge is -2.36. The summed E-state index contributed by atoms with van der Waals surface area (Å²) in [6.45, 7) is 4.99. The van der Waals surface area contributed by atoms with Gasteiger partial charge in [-0.25, -0.2) is 9.97 Å². The lowest BCUT2D eigenvalue weighted by atomic mass is 10.1. The van der Waals surface area contributed by atoms with E-state index in [0.29, 0.717) is 18.7 Å². The Morgan fingerprint density at radius 3 is 2.65 bits per heavy atom. The van der Waals surface area contributed by atoms with Gasteiger partial charge in [0.05, 0.1) is 11.9 Å². The summed E-state index contributed by atoms with van der Waals surface area (Å²) in [5, 5.41) is 0.735. The molecule has 4 rings (SSSR count). The van der Waals surface area contributed by atoms with E-state index in [0.717, 1.165) is 35.0 Å². The smallest absolute Gasteiger partial charge is 0.255 e. The quantitative estimate of drug-likeness (QED) is 0.697. The molecule has 1 amide bonds. The predicted octanol–water partition coefficient (Wildman–Crippen LogP) is 2.89. The molecule has 1 aliphatic heterocycles. The molecule has 0 bridgehead atoms. The Labute approximate surface area is 157 Å². The minimum atomic E-state index is 0.00696. The van der Waals surface area contributed by atoms with Crippen LogP contribution in [0.3, 0.4) is 0 Å². The number of hydrogen-bond acceptors (Lipinski definition) is 4. The molecular formula is C19H20ClN5O. The zero-order valence-electron chi connectivity index (χ0n) is 14.8. The van der Waals surface area contributed by atoms with Gasteiger partial charge in [-0.2, -0.15) is 0 Å². The van der Waals surface area contributed by atoms with Crippen molar-refractivity contribution >= 4 is 34.4 Å². The fraction of sp³-hybridized carbons (Fsp3) is 0.316. The number of carbonyl (C=O) groups excluding carboxylic acids is 1. The zero-order chi connectivity index (χ0) is 18.3. The van der Waals surface area contributed by atoms with Crippen molar-refractivity contribution in [1.82, 2.24) is 19.4 Å². The predicted molar refractivity (Wildman–Crippen MR) is 103 cm³/mol. The molecule has 1 fully saturated rings. The maximum Gasteiger partial charge on any atom is 0.255 e. The van der Waals surface area contributed by atoms with E-state index >= 15 is 0 Å². The first kappa shape index (κ1) is 16.8. The van der Waals surface area contributed by atoms with Crippen molar-refractivity contribution in [3.05, 3.63) is 52.9 Å². The van der Waals surface area contributed by atoms with E-state index in [1.54, 1.807) is 12.5 Å². The number of pyridine rings is 1. The molecule has 26 heavy (non-hydrogen) atoms. The van der Waals surface area contributed by atoms with Crippen LogP contribution >= 0.6 is 11.6 Å². The number of piperazine rings is 1. The number of amides is 1. The third kappa shape index (κ3) is 3.01. The number of benzene rings is 1. The van der Waals surface area contributed by atoms with Gasteiger partial charge in [0.15, 0.2) is 5.65 Å². The normalized spacial score (nSPS) is 14.9. The molecular weight excluding hydrogens is 350 g/mol. The summed E-state index contributed by atoms with van der Waals surface area (Å²) >= 11 is 6.14. The van der Waals surface area contributed by atoms with Gasteiger partial charge in [-0.05, 0) is 30.7 Å². The van der Waals surface area contributed by atoms with Crippen molar-refractivity contribution in [3.63, 3.8) is 0 Å². The molecule has 2 aromatic heterocycles. The first-order valence-electron chi connectivity index (χ1n) is 8.60. The minimum absolute atomic E-state index is 0.00696. The van der Waals surface area contributed by atoms with Gasteiger partial charge < -0.3 is 14.4 Å². The van der Waals surface area contributed by atoms with Gasteiger partial charge in [0.25, 0.3) is 5.91 Å². The molecule has 0 aliphatic carbocycles. The number of hydrogen-bond donors (Lipinski definition) is 0. The lowest BCUT2D eigenvalue weighted by molar-refractivity contribution is 0.0746. The number of nitrogens with zero attached hydrogens (tertiary/aromatic N) is 5. The molecule has 0 N–H and O–H groups in total. The van der Waals surface area contributed by atoms with Crippen molar-refractivity contribution in [2.45, 2.75) is 6.92 Å². The molecule has 0 unspecified atom stereocenters. The molecule has 0 saturated carbocycles. The average molecular weight is 370 g/mol. The van der Waals surface area contributed by atoms with Crippen LogP contribution in [0, 0.1) is 6.92 Å². The Bertz CT molecular complexity index is 975. The summed E-state index contributed by atoms with van der Waals surface area (Å²) in [4.78, 5) is 25.6. The second-order valence-corrected chi connectivity index (χ2v) is 7.07. The summed E-state index contributed by atoms with van der Waals surface area (Å²) in [5.74, 6) is 0.00696. The van der Waals surface area contributed by atoms with E-state index in [-0.39, 0.29) is 5.91 Å². The molecule has 1 saturated heterocycles. The fourth-order valence-electron chi connectivity index (χ4n) is 3.39. The fourth-order valence-corrected chi connectivity index (χ4v) is 3.56. The van der Waals surface area contributed by atoms with E-state index in [1.165, 1.54) is 5.56 Å². The van der Waals surface area contributed by atoms with Crippen LogP contribution in [0.25, 0.3) is 11.2 Å². The average Bonchev–Trinajstić information content (AvgIpc) is 3.04. The third-order valence-corrected chi connectivity index (χ3v) is 5.11. The molecule has 3 heterocycles. The van der Waals surface area contributed by atoms with Crippen LogP contribution in [0.15, 0.2) is 36.8 Å². The largest absolute Gasteiger partial charge is 0.368 e. The van der Waals surface area contributed by atoms with Crippen molar-refractivity contribution in [1.29, 1.82) is 0 Å². The van der Waals surface area contributed by atoms with Crippen LogP contribution in [-0.2, 0) is 7.05 Å². The topological polar surface area (TPSA) is 54.3 Å². The van der Waals surface area contributed by atoms with E-state index in [2.05, 4.69) is 21.8 Å². The number of imidazole rings is 1. The van der Waals surface area contributed by atoms with Crippen LogP contribution in [-0.4, -0.2) is 51.5 Å². The second-order valence-electron chi connectivity index (χ2n) is 6.63. The van der Waals surface area contributed by atoms with Gasteiger partial charge in [0.1, 0.15) is 5.52 Å². The van der Waals surface area contributed by atoms with Gasteiger partial charge in [-0.3, -0.25) is 4.79 Å². The number of carbonyl (C=O) groups is 1. The Morgan fingerprint density at radius 2 is 1.88 bits per heavy atom. The van der Waals surface area contributed by atoms with E-state index in [4.69, 9.17) is 11.6 Å². The Kier molecular flexibility index (Phi) is 4.28. The molecule has 6 nitrogen and oxygen atoms in total. The zero-order valence-corrected chi connectivity index (χ0v) is 15.6. The molecule has 1 aromatic carbocycles. The van der Waals surface area contributed by atoms with Crippen LogP contribution < -0.4 is 4.90 Å². The summed E-state index contributed by atoms with van der Waals surface area (Å²) in [5.41, 5.74) is 4.44. The Morgan fingerprint density at radius 1 is 1.12 bits per heavy atom. The second kappa shape index (κ2) is 6.61. The van der Waals surface area contributed by atoms with E-state index < -0.39 is 0 Å². The van der Waals surface area contributed by atoms with Crippen molar-refractivity contribution in [3.8, 4) is 0 Å². The third-order valence-electron chi connectivity index (χ3n) is 4.88. The summed E-state index contributed by atoms with van der Waals surface area (Å²) < 4.78 is 1.84. The summed E-state index contributed by atoms with van der Waals surface area (Å²) in [6.07, 6.45) is 3.35. The van der Waals surface area contributed by atoms with Gasteiger partial charge in [-0.1, -0.05) is 17.7 Å². The molecule has 134 valence electrons. The van der Waals surface area contributed by atoms with Crippen LogP contribution in [0.2, 0.25) is 5.02 Å². The van der Waals surface area contributed by atoms with E-state index in [1.807, 2.05) is 40.8 Å². The first-order valence-corrected chi connectivity index (χ1v) is 8.98. The lowest BCUT2D eigenvalue weighted by Crippen LogP contribution is -2.49. The van der Waals surface area contributed by atoms with Crippen molar-refractivity contribution in [2.75, 3.05) is 31.1 Å². The summed E-state index contributed by atoms with van der Waals surface area (Å²) in [7, 11) is 1.89. The number of anilines is 1. The molecule has 3 aromatic rings. The number of aromatic nitrogens is 3. The first-order chi connectivity index (χ1) is 12.5. The monoisotopic (exact) mass is 369 g/mol. The standard InChI is InChI=1S/C19H20ClN5O/c1-13-3-4-15(20)10-17(13)24-5-7-25(8-6-24)19(26)14-9-16-18(21-11-14)23(2)12-22-16/h3-4,9-12H,5-8H2,1-2H3. The number of rotatable bonds is 2. The Hall–Kier alpha value is -2.60. The highest BCUT2D eigenvalue weighted by Crippen LogP contribution is 2.25. The van der Waals surface area contributed by atoms with Gasteiger partial charge in [0, 0.05) is 50.1 Å². The van der Waals surface area contributed by atoms with Crippen LogP contribution in [0.5, 0.6) is 0 Å². The Balaban J connectivity index is 1.48. The maximum atomic E-state index is 12.8. The molecule has 1 aliphatic rings. The van der Waals surface area contributed by atoms with E-state index in [9.17, 15) is 4.79 Å². The molecule has 7 heteroatoms. The molecule has 0 radical (unpaired) electrons. The maximum absolute atomic E-state index is 12.8. The highest BCUT2D eigenvalue weighted by atomic mass is 35.5. The van der Waals surface area contributed by atoms with Crippen molar-refractivity contribution in [2.24, 2.45) is 7.05 Å². The number of aryl methyl sites for hydroxylation is 2. The highest BCUT2D eigenvalue weighted by Gasteiger charge is 2.23. The van der Waals surface area contributed by atoms with Gasteiger partial charge >= 0.3 is 0 Å².